The van der Waals surface area contributed by atoms with E-state index in [4.69, 9.17) is 0 Å². The van der Waals surface area contributed by atoms with Crippen LogP contribution in [0.3, 0.4) is 0 Å². The number of rotatable bonds is 1. The van der Waals surface area contributed by atoms with Gasteiger partial charge in [-0.2, -0.15) is 0 Å². The Balaban J connectivity index is 2.65. The van der Waals surface area contributed by atoms with E-state index in [9.17, 15) is 8.42 Å². The minimum atomic E-state index is -2.60. The van der Waals surface area contributed by atoms with Crippen LogP contribution in [0, 0.1) is 0 Å². The molecule has 0 aliphatic rings. The van der Waals surface area contributed by atoms with Gasteiger partial charge in [0.1, 0.15) is 0 Å². The van der Waals surface area contributed by atoms with E-state index in [1.54, 1.807) is 0 Å². The Morgan fingerprint density at radius 3 is 1.65 bits per heavy atom. The molecule has 84 valence electrons. The Morgan fingerprint density at radius 2 is 1.18 bits per heavy atom. The maximum absolute atomic E-state index is 11.5. The van der Waals surface area contributed by atoms with Gasteiger partial charge in [-0.25, -0.2) is 8.42 Å². The highest BCUT2D eigenvalue weighted by molar-refractivity contribution is 7.73. The van der Waals surface area contributed by atoms with Crippen molar-refractivity contribution in [2.45, 2.75) is 4.90 Å². The summed E-state index contributed by atoms with van der Waals surface area (Å²) in [5, 5.41) is 3.51. The third kappa shape index (κ3) is 1.59. The van der Waals surface area contributed by atoms with Crippen molar-refractivity contribution in [3.8, 4) is 0 Å². The van der Waals surface area contributed by atoms with Gasteiger partial charge >= 0.3 is 0 Å². The molecule has 0 unspecified atom stereocenters. The fourth-order valence-corrected chi connectivity index (χ4v) is 2.99. The zero-order valence-electron chi connectivity index (χ0n) is 8.96. The van der Waals surface area contributed by atoms with Crippen LogP contribution in [-0.2, 0) is 10.7 Å². The molecule has 2 nitrogen and oxygen atoms in total. The number of thiol groups is 1. The third-order valence-corrected chi connectivity index (χ3v) is 3.77. The summed E-state index contributed by atoms with van der Waals surface area (Å²) >= 11 is 0. The molecular formula is C14H10O2S. The lowest BCUT2D eigenvalue weighted by atomic mass is 10.0. The zero-order valence-corrected chi connectivity index (χ0v) is 9.85. The highest BCUT2D eigenvalue weighted by atomic mass is 32.2. The topological polar surface area (TPSA) is 34.1 Å². The molecule has 0 aliphatic carbocycles. The predicted octanol–water partition coefficient (Wildman–Crippen LogP) is 2.96. The zero-order chi connectivity index (χ0) is 11.8. The van der Waals surface area contributed by atoms with Crippen LogP contribution < -0.4 is 0 Å². The molecule has 0 radical (unpaired) electrons. The Hall–Kier alpha value is -1.87. The largest absolute Gasteiger partial charge is 0.227 e. The van der Waals surface area contributed by atoms with E-state index in [0.29, 0.717) is 4.90 Å². The molecule has 3 heteroatoms. The van der Waals surface area contributed by atoms with Crippen LogP contribution in [0.1, 0.15) is 0 Å². The summed E-state index contributed by atoms with van der Waals surface area (Å²) in [6.07, 6.45) is 0. The first-order valence-electron chi connectivity index (χ1n) is 5.32. The van der Waals surface area contributed by atoms with Gasteiger partial charge in [-0.05, 0) is 16.8 Å². The molecule has 17 heavy (non-hydrogen) atoms. The van der Waals surface area contributed by atoms with Crippen molar-refractivity contribution in [3.63, 3.8) is 0 Å². The molecule has 0 atom stereocenters. The van der Waals surface area contributed by atoms with Gasteiger partial charge in [0.05, 0.1) is 4.90 Å². The molecule has 0 aromatic heterocycles. The first-order chi connectivity index (χ1) is 8.27. The van der Waals surface area contributed by atoms with Crippen molar-refractivity contribution in [1.82, 2.24) is 0 Å². The van der Waals surface area contributed by atoms with Crippen molar-refractivity contribution >= 4 is 32.2 Å². The maximum Gasteiger partial charge on any atom is 0.169 e. The van der Waals surface area contributed by atoms with Gasteiger partial charge in [0.2, 0.25) is 0 Å². The quantitative estimate of drug-likeness (QED) is 0.526. The summed E-state index contributed by atoms with van der Waals surface area (Å²) in [5.41, 5.74) is 0. The highest BCUT2D eigenvalue weighted by Gasteiger charge is 2.08. The second kappa shape index (κ2) is 3.86. The molecule has 0 bridgehead atoms. The van der Waals surface area contributed by atoms with Crippen molar-refractivity contribution in [3.05, 3.63) is 54.6 Å². The third-order valence-electron chi connectivity index (χ3n) is 2.93. The lowest BCUT2D eigenvalue weighted by Crippen LogP contribution is -1.87. The van der Waals surface area contributed by atoms with Gasteiger partial charge in [-0.1, -0.05) is 48.5 Å². The molecule has 0 saturated carbocycles. The molecule has 0 N–H and O–H groups in total. The van der Waals surface area contributed by atoms with Gasteiger partial charge in [-0.3, -0.25) is 0 Å². The van der Waals surface area contributed by atoms with Gasteiger partial charge in [0.25, 0.3) is 0 Å². The van der Waals surface area contributed by atoms with Crippen molar-refractivity contribution in [2.24, 2.45) is 0 Å². The van der Waals surface area contributed by atoms with E-state index in [-0.39, 0.29) is 0 Å². The predicted molar refractivity (Wildman–Crippen MR) is 70.0 cm³/mol. The minimum Gasteiger partial charge on any atom is -0.227 e. The fraction of sp³-hybridized carbons (Fsp3) is 0. The number of benzene rings is 3. The second-order valence-electron chi connectivity index (χ2n) is 3.92. The van der Waals surface area contributed by atoms with Crippen LogP contribution in [0.15, 0.2) is 59.5 Å². The summed E-state index contributed by atoms with van der Waals surface area (Å²) in [6, 6.07) is 17.1. The van der Waals surface area contributed by atoms with E-state index >= 15 is 0 Å². The average Bonchev–Trinajstić information content (AvgIpc) is 2.35. The van der Waals surface area contributed by atoms with Crippen LogP contribution >= 0.6 is 0 Å². The van der Waals surface area contributed by atoms with Gasteiger partial charge < -0.3 is 0 Å². The van der Waals surface area contributed by atoms with Gasteiger partial charge in [0.15, 0.2) is 10.7 Å². The number of hydrogen-bond donors (Lipinski definition) is 1. The van der Waals surface area contributed by atoms with Crippen LogP contribution in [-0.4, -0.2) is 8.42 Å². The Labute approximate surface area is 100 Å². The summed E-state index contributed by atoms with van der Waals surface area (Å²) in [4.78, 5) is 0.425. The number of hydrogen-bond acceptors (Lipinski definition) is 2. The van der Waals surface area contributed by atoms with Crippen molar-refractivity contribution < 1.29 is 8.42 Å². The van der Waals surface area contributed by atoms with Crippen LogP contribution in [0.25, 0.3) is 21.5 Å². The van der Waals surface area contributed by atoms with E-state index in [1.165, 1.54) is 0 Å². The summed E-state index contributed by atoms with van der Waals surface area (Å²) in [6.45, 7) is 0. The molecule has 3 aromatic carbocycles. The SMILES string of the molecule is O=[SH](=O)c1c2ccccc2cc2ccccc12. The van der Waals surface area contributed by atoms with Crippen LogP contribution in [0.4, 0.5) is 0 Å². The molecule has 0 amide bonds. The normalized spacial score (nSPS) is 11.4. The minimum absolute atomic E-state index is 0.425. The van der Waals surface area contributed by atoms with E-state index < -0.39 is 10.7 Å². The van der Waals surface area contributed by atoms with E-state index in [1.807, 2.05) is 54.6 Å². The summed E-state index contributed by atoms with van der Waals surface area (Å²) in [5.74, 6) is 0. The van der Waals surface area contributed by atoms with Gasteiger partial charge in [-0.15, -0.1) is 0 Å². The van der Waals surface area contributed by atoms with Crippen molar-refractivity contribution in [1.29, 1.82) is 0 Å². The summed E-state index contributed by atoms with van der Waals surface area (Å²) < 4.78 is 22.9. The van der Waals surface area contributed by atoms with E-state index in [0.717, 1.165) is 21.5 Å². The summed E-state index contributed by atoms with van der Waals surface area (Å²) in [7, 11) is -2.60. The molecular weight excluding hydrogens is 232 g/mol. The first-order valence-corrected chi connectivity index (χ1v) is 6.50. The molecule has 3 aromatic rings. The standard InChI is InChI=1S/C14H10O2S/c15-17(16)14-12-7-3-1-5-10(12)9-11-6-2-4-8-13(11)14/h1-9,17H. The monoisotopic (exact) mass is 242 g/mol. The average molecular weight is 242 g/mol. The Morgan fingerprint density at radius 1 is 0.706 bits per heavy atom. The smallest absolute Gasteiger partial charge is 0.169 e. The molecule has 0 spiro atoms. The molecule has 0 aliphatic heterocycles. The number of fused-ring (bicyclic) bond motifs is 2. The Kier molecular flexibility index (Phi) is 2.34. The molecule has 0 heterocycles. The lowest BCUT2D eigenvalue weighted by molar-refractivity contribution is 0.616. The first kappa shape index (κ1) is 10.3. The molecule has 0 fully saturated rings. The maximum atomic E-state index is 11.5. The fourth-order valence-electron chi connectivity index (χ4n) is 2.19. The van der Waals surface area contributed by atoms with Crippen molar-refractivity contribution in [2.75, 3.05) is 0 Å². The van der Waals surface area contributed by atoms with Crippen LogP contribution in [0.5, 0.6) is 0 Å². The highest BCUT2D eigenvalue weighted by Crippen LogP contribution is 2.29. The molecule has 0 saturated heterocycles. The second-order valence-corrected chi connectivity index (χ2v) is 4.89. The van der Waals surface area contributed by atoms with Gasteiger partial charge in [0, 0.05) is 10.8 Å². The van der Waals surface area contributed by atoms with E-state index in [2.05, 4.69) is 0 Å². The Bertz CT molecular complexity index is 726. The van der Waals surface area contributed by atoms with Crippen LogP contribution in [0.2, 0.25) is 0 Å². The molecule has 3 rings (SSSR count). The lowest BCUT2D eigenvalue weighted by Gasteiger charge is -2.06.